The third-order valence-corrected chi connectivity index (χ3v) is 7.14. The van der Waals surface area contributed by atoms with Crippen LogP contribution in [0.4, 0.5) is 26.7 Å². The Hall–Kier alpha value is -5.43. The second kappa shape index (κ2) is 13.8. The Balaban J connectivity index is 1.44. The van der Waals surface area contributed by atoms with Gasteiger partial charge in [-0.05, 0) is 53.6 Å². The number of amides is 3. The first-order valence-corrected chi connectivity index (χ1v) is 14.1. The molecule has 0 aliphatic heterocycles. The summed E-state index contributed by atoms with van der Waals surface area (Å²) >= 11 is 0. The van der Waals surface area contributed by atoms with Gasteiger partial charge < -0.3 is 25.8 Å². The van der Waals surface area contributed by atoms with E-state index >= 15 is 0 Å². The van der Waals surface area contributed by atoms with Gasteiger partial charge in [0.25, 0.3) is 10.0 Å². The third kappa shape index (κ3) is 8.79. The number of carbonyl (C=O) groups is 3. The number of urea groups is 1. The molecule has 0 saturated carbocycles. The molecule has 12 nitrogen and oxygen atoms in total. The Morgan fingerprint density at radius 3 is 2.24 bits per heavy atom. The second-order valence-electron chi connectivity index (χ2n) is 8.93. The standard InChI is InChI=1S/C29H27N5O7S/c35-27(36)18-26(33-29(38)41-19-20-6-2-1-3-7-20)21-8-4-10-24(16-21)34-42(39,40)25-11-5-9-23(17-25)32-28(37)31-22-12-14-30-15-13-22/h1-17,26,34H,18-19H2,(H,33,38)(H,35,36)(H2,30,31,32,37). The van der Waals surface area contributed by atoms with Crippen LogP contribution in [0, 0.1) is 0 Å². The maximum atomic E-state index is 13.2. The van der Waals surface area contributed by atoms with Gasteiger partial charge >= 0.3 is 18.1 Å². The number of anilines is 3. The average molecular weight is 590 g/mol. The Labute approximate surface area is 241 Å². The summed E-state index contributed by atoms with van der Waals surface area (Å²) in [6.07, 6.45) is 1.74. The first-order chi connectivity index (χ1) is 20.2. The van der Waals surface area contributed by atoms with Crippen molar-refractivity contribution in [2.45, 2.75) is 24.0 Å². The summed E-state index contributed by atoms with van der Waals surface area (Å²) in [5.41, 5.74) is 1.98. The van der Waals surface area contributed by atoms with Crippen molar-refractivity contribution in [1.82, 2.24) is 10.3 Å². The predicted octanol–water partition coefficient (Wildman–Crippen LogP) is 4.97. The molecule has 42 heavy (non-hydrogen) atoms. The summed E-state index contributed by atoms with van der Waals surface area (Å²) in [7, 11) is -4.12. The number of aromatic nitrogens is 1. The first kappa shape index (κ1) is 29.6. The monoisotopic (exact) mass is 589 g/mol. The minimum absolute atomic E-state index is 0.00831. The zero-order valence-electron chi connectivity index (χ0n) is 22.1. The van der Waals surface area contributed by atoms with Gasteiger partial charge in [-0.15, -0.1) is 0 Å². The molecule has 0 radical (unpaired) electrons. The molecular formula is C29H27N5O7S. The number of nitrogens with zero attached hydrogens (tertiary/aromatic N) is 1. The molecule has 0 aliphatic carbocycles. The highest BCUT2D eigenvalue weighted by molar-refractivity contribution is 7.92. The maximum Gasteiger partial charge on any atom is 0.407 e. The molecule has 0 saturated heterocycles. The summed E-state index contributed by atoms with van der Waals surface area (Å²) < 4.78 is 34.0. The number of benzene rings is 3. The van der Waals surface area contributed by atoms with E-state index in [0.29, 0.717) is 11.3 Å². The van der Waals surface area contributed by atoms with Crippen LogP contribution in [0.2, 0.25) is 0 Å². The molecule has 216 valence electrons. The minimum Gasteiger partial charge on any atom is -0.481 e. The fourth-order valence-electron chi connectivity index (χ4n) is 3.84. The van der Waals surface area contributed by atoms with Gasteiger partial charge in [0.15, 0.2) is 0 Å². The lowest BCUT2D eigenvalue weighted by Crippen LogP contribution is -2.30. The number of rotatable bonds is 11. The second-order valence-corrected chi connectivity index (χ2v) is 10.6. The molecule has 1 atom stereocenters. The normalized spacial score (nSPS) is 11.5. The van der Waals surface area contributed by atoms with Gasteiger partial charge in [-0.2, -0.15) is 0 Å². The maximum absolute atomic E-state index is 13.2. The highest BCUT2D eigenvalue weighted by Gasteiger charge is 2.21. The van der Waals surface area contributed by atoms with Gasteiger partial charge in [-0.3, -0.25) is 14.5 Å². The van der Waals surface area contributed by atoms with Crippen LogP contribution in [-0.4, -0.2) is 36.6 Å². The smallest absolute Gasteiger partial charge is 0.407 e. The van der Waals surface area contributed by atoms with Crippen molar-refractivity contribution in [3.63, 3.8) is 0 Å². The van der Waals surface area contributed by atoms with Crippen molar-refractivity contribution in [3.05, 3.63) is 115 Å². The van der Waals surface area contributed by atoms with Crippen molar-refractivity contribution in [1.29, 1.82) is 0 Å². The largest absolute Gasteiger partial charge is 0.481 e. The highest BCUT2D eigenvalue weighted by atomic mass is 32.2. The molecule has 5 N–H and O–H groups in total. The van der Waals surface area contributed by atoms with Gasteiger partial charge in [0, 0.05) is 29.5 Å². The lowest BCUT2D eigenvalue weighted by Gasteiger charge is -2.18. The molecule has 4 rings (SSSR count). The van der Waals surface area contributed by atoms with Gasteiger partial charge in [0.1, 0.15) is 6.61 Å². The van der Waals surface area contributed by atoms with Crippen molar-refractivity contribution >= 4 is 45.2 Å². The van der Waals surface area contributed by atoms with E-state index in [1.807, 2.05) is 6.07 Å². The van der Waals surface area contributed by atoms with E-state index in [9.17, 15) is 27.9 Å². The topological polar surface area (TPSA) is 176 Å². The number of hydrogen-bond donors (Lipinski definition) is 5. The van der Waals surface area contributed by atoms with E-state index < -0.39 is 40.6 Å². The highest BCUT2D eigenvalue weighted by Crippen LogP contribution is 2.24. The number of carboxylic acid groups (broad SMARTS) is 1. The van der Waals surface area contributed by atoms with Crippen LogP contribution in [-0.2, 0) is 26.2 Å². The first-order valence-electron chi connectivity index (χ1n) is 12.6. The van der Waals surface area contributed by atoms with Gasteiger partial charge in [0.2, 0.25) is 0 Å². The number of nitrogens with one attached hydrogen (secondary N) is 4. The van der Waals surface area contributed by atoms with Crippen molar-refractivity contribution in [3.8, 4) is 0 Å². The summed E-state index contributed by atoms with van der Waals surface area (Å²) in [5, 5.41) is 17.1. The number of aliphatic carboxylic acids is 1. The summed E-state index contributed by atoms with van der Waals surface area (Å²) in [6.45, 7) is -0.00831. The number of pyridine rings is 1. The van der Waals surface area contributed by atoms with Crippen LogP contribution in [0.5, 0.6) is 0 Å². The number of hydrogen-bond acceptors (Lipinski definition) is 7. The van der Waals surface area contributed by atoms with Crippen molar-refractivity contribution < 1.29 is 32.6 Å². The molecule has 0 fully saturated rings. The lowest BCUT2D eigenvalue weighted by atomic mass is 10.0. The molecule has 1 heterocycles. The number of sulfonamides is 1. The van der Waals surface area contributed by atoms with E-state index in [4.69, 9.17) is 4.74 Å². The van der Waals surface area contributed by atoms with E-state index in [1.165, 1.54) is 54.9 Å². The van der Waals surface area contributed by atoms with Crippen LogP contribution < -0.4 is 20.7 Å². The Kier molecular flexibility index (Phi) is 9.69. The molecule has 1 aromatic heterocycles. The third-order valence-electron chi connectivity index (χ3n) is 5.77. The van der Waals surface area contributed by atoms with Crippen molar-refractivity contribution in [2.24, 2.45) is 0 Å². The number of alkyl carbamates (subject to hydrolysis) is 1. The van der Waals surface area contributed by atoms with Crippen LogP contribution in [0.25, 0.3) is 0 Å². The van der Waals surface area contributed by atoms with E-state index in [0.717, 1.165) is 5.56 Å². The van der Waals surface area contributed by atoms with Crippen LogP contribution in [0.3, 0.4) is 0 Å². The van der Waals surface area contributed by atoms with E-state index in [2.05, 4.69) is 25.7 Å². The summed E-state index contributed by atoms with van der Waals surface area (Å²) in [6, 6.07) is 22.2. The van der Waals surface area contributed by atoms with Gasteiger partial charge in [-0.25, -0.2) is 18.0 Å². The lowest BCUT2D eigenvalue weighted by molar-refractivity contribution is -0.137. The molecule has 0 aliphatic rings. The van der Waals surface area contributed by atoms with E-state index in [1.54, 1.807) is 42.5 Å². The van der Waals surface area contributed by atoms with Crippen molar-refractivity contribution in [2.75, 3.05) is 15.4 Å². The minimum atomic E-state index is -4.12. The fraction of sp³-hybridized carbons (Fsp3) is 0.103. The summed E-state index contributed by atoms with van der Waals surface area (Å²) in [4.78, 5) is 40.0. The van der Waals surface area contributed by atoms with E-state index in [-0.39, 0.29) is 22.9 Å². The van der Waals surface area contributed by atoms with Gasteiger partial charge in [-0.1, -0.05) is 48.5 Å². The number of carboxylic acids is 1. The Morgan fingerprint density at radius 2 is 1.50 bits per heavy atom. The molecule has 0 bridgehead atoms. The quantitative estimate of drug-likeness (QED) is 0.163. The predicted molar refractivity (Wildman–Crippen MR) is 155 cm³/mol. The zero-order chi connectivity index (χ0) is 30.0. The van der Waals surface area contributed by atoms with Crippen LogP contribution in [0.1, 0.15) is 23.6 Å². The summed E-state index contributed by atoms with van der Waals surface area (Å²) in [5.74, 6) is -1.17. The number of ether oxygens (including phenoxy) is 1. The zero-order valence-corrected chi connectivity index (χ0v) is 22.9. The molecule has 13 heteroatoms. The SMILES string of the molecule is O=C(O)CC(NC(=O)OCc1ccccc1)c1cccc(NS(=O)(=O)c2cccc(NC(=O)Nc3ccncc3)c2)c1. The molecule has 1 unspecified atom stereocenters. The Bertz CT molecular complexity index is 1650. The average Bonchev–Trinajstić information content (AvgIpc) is 2.96. The van der Waals surface area contributed by atoms with Gasteiger partial charge in [0.05, 0.1) is 17.4 Å². The fourth-order valence-corrected chi connectivity index (χ4v) is 4.93. The molecule has 3 aromatic carbocycles. The van der Waals surface area contributed by atoms with Crippen LogP contribution >= 0.6 is 0 Å². The Morgan fingerprint density at radius 1 is 0.810 bits per heavy atom. The molecule has 0 spiro atoms. The van der Waals surface area contributed by atoms with Crippen LogP contribution in [0.15, 0.2) is 108 Å². The molecular weight excluding hydrogens is 562 g/mol. The molecule has 3 amide bonds. The molecule has 4 aromatic rings. The number of carbonyl (C=O) groups excluding carboxylic acids is 2.